The van der Waals surface area contributed by atoms with Crippen LogP contribution in [0.2, 0.25) is 0 Å². The van der Waals surface area contributed by atoms with E-state index >= 15 is 0 Å². The maximum atomic E-state index is 12.9. The van der Waals surface area contributed by atoms with Gasteiger partial charge in [0.2, 0.25) is 0 Å². The van der Waals surface area contributed by atoms with E-state index in [-0.39, 0.29) is 21.9 Å². The van der Waals surface area contributed by atoms with Gasteiger partial charge in [0, 0.05) is 37.4 Å². The van der Waals surface area contributed by atoms with Crippen molar-refractivity contribution in [3.8, 4) is 0 Å². The van der Waals surface area contributed by atoms with Crippen molar-refractivity contribution >= 4 is 44.8 Å². The number of nitrogens with one attached hydrogen (secondary N) is 1. The molecule has 3 N–H and O–H groups in total. The molecule has 10 nitrogen and oxygen atoms in total. The second-order valence-corrected chi connectivity index (χ2v) is 10.5. The Kier molecular flexibility index (Phi) is 9.60. The van der Waals surface area contributed by atoms with Crippen molar-refractivity contribution < 1.29 is 46.2 Å². The summed E-state index contributed by atoms with van der Waals surface area (Å²) in [5.41, 5.74) is 2.52. The number of halogens is 3. The summed E-state index contributed by atoms with van der Waals surface area (Å²) >= 11 is 0. The number of carbonyl (C=O) groups excluding carboxylic acids is 1. The summed E-state index contributed by atoms with van der Waals surface area (Å²) in [6, 6.07) is 19.9. The van der Waals surface area contributed by atoms with E-state index in [1.54, 1.807) is 24.3 Å². The maximum Gasteiger partial charge on any atom is 0.490 e. The Morgan fingerprint density at radius 2 is 1.32 bits per heavy atom. The Balaban J connectivity index is 0.000000587. The van der Waals surface area contributed by atoms with Crippen molar-refractivity contribution in [1.82, 2.24) is 0 Å². The van der Waals surface area contributed by atoms with E-state index in [0.717, 1.165) is 5.69 Å². The van der Waals surface area contributed by atoms with Gasteiger partial charge in [-0.15, -0.1) is 0 Å². The van der Waals surface area contributed by atoms with E-state index in [9.17, 15) is 36.3 Å². The number of benzene rings is 3. The molecule has 0 atom stereocenters. The number of alkyl halides is 3. The first kappa shape index (κ1) is 30.9. The van der Waals surface area contributed by atoms with Crippen LogP contribution in [0.4, 0.5) is 30.2 Å². The molecule has 0 radical (unpaired) electrons. The van der Waals surface area contributed by atoms with Crippen molar-refractivity contribution in [2.45, 2.75) is 18.0 Å². The third kappa shape index (κ3) is 8.20. The molecule has 0 aliphatic carbocycles. The van der Waals surface area contributed by atoms with Crippen LogP contribution in [0.25, 0.3) is 0 Å². The van der Waals surface area contributed by atoms with Gasteiger partial charge in [0.1, 0.15) is 0 Å². The van der Waals surface area contributed by atoms with Gasteiger partial charge in [-0.3, -0.25) is 9.52 Å². The van der Waals surface area contributed by atoms with E-state index in [0.29, 0.717) is 37.4 Å². The normalized spacial score (nSPS) is 13.6. The van der Waals surface area contributed by atoms with Gasteiger partial charge in [0.25, 0.3) is 10.0 Å². The highest BCUT2D eigenvalue weighted by Gasteiger charge is 2.38. The third-order valence-corrected chi connectivity index (χ3v) is 7.42. The Labute approximate surface area is 233 Å². The average molecular weight is 594 g/mol. The van der Waals surface area contributed by atoms with Crippen LogP contribution in [-0.4, -0.2) is 68.7 Å². The van der Waals surface area contributed by atoms with Crippen molar-refractivity contribution in [1.29, 1.82) is 0 Å². The second kappa shape index (κ2) is 12.7. The summed E-state index contributed by atoms with van der Waals surface area (Å²) in [6.07, 6.45) is -5.08. The van der Waals surface area contributed by atoms with Gasteiger partial charge in [-0.1, -0.05) is 18.2 Å². The molecule has 1 fully saturated rings. The van der Waals surface area contributed by atoms with Crippen LogP contribution in [0.5, 0.6) is 0 Å². The number of carbonyl (C=O) groups is 3. The van der Waals surface area contributed by atoms with Crippen LogP contribution >= 0.6 is 0 Å². The summed E-state index contributed by atoms with van der Waals surface area (Å²) in [7, 11) is -3.89. The molecule has 3 aromatic rings. The predicted octanol–water partition coefficient (Wildman–Crippen LogP) is 4.35. The minimum atomic E-state index is -5.08. The minimum Gasteiger partial charge on any atom is -0.478 e. The number of rotatable bonds is 7. The fraction of sp³-hybridized carbons (Fsp3) is 0.222. The van der Waals surface area contributed by atoms with Crippen molar-refractivity contribution in [3.63, 3.8) is 0 Å². The molecule has 1 aliphatic rings. The predicted molar refractivity (Wildman–Crippen MR) is 145 cm³/mol. The number of aliphatic carboxylic acids is 1. The van der Waals surface area contributed by atoms with E-state index in [1.165, 1.54) is 31.2 Å². The molecule has 0 aromatic heterocycles. The lowest BCUT2D eigenvalue weighted by Crippen LogP contribution is -2.46. The Morgan fingerprint density at radius 3 is 1.80 bits per heavy atom. The van der Waals surface area contributed by atoms with Crippen LogP contribution in [-0.2, 0) is 14.8 Å². The number of Topliss-reactive ketones (excluding diaryl/α,β-unsaturated/α-hetero) is 1. The molecule has 0 spiro atoms. The minimum absolute atomic E-state index is 0.00120. The van der Waals surface area contributed by atoms with Gasteiger partial charge in [-0.25, -0.2) is 18.0 Å². The molecule has 0 amide bonds. The Hall–Kier alpha value is -4.59. The third-order valence-electron chi connectivity index (χ3n) is 6.04. The standard InChI is InChI=1S/C25H25N3O5S.C2HF3O2/c1-18(29)19-7-10-21(11-8-19)27-13-15-28(16-14-27)24-12-9-20(25(30)31)17-23(24)26-34(32,33)22-5-3-2-4-6-22;3-2(4,5)1(6)7/h2-12,17,26H,13-16H2,1H3,(H,30,31);(H,6,7). The summed E-state index contributed by atoms with van der Waals surface area (Å²) < 4.78 is 60.2. The molecule has 1 saturated heterocycles. The molecule has 0 bridgehead atoms. The summed E-state index contributed by atoms with van der Waals surface area (Å²) in [6.45, 7) is 4.13. The molecular formula is C27H26F3N3O7S. The lowest BCUT2D eigenvalue weighted by atomic mass is 10.1. The molecule has 41 heavy (non-hydrogen) atoms. The van der Waals surface area contributed by atoms with Gasteiger partial charge < -0.3 is 20.0 Å². The van der Waals surface area contributed by atoms with Gasteiger partial charge in [-0.2, -0.15) is 13.2 Å². The van der Waals surface area contributed by atoms with Gasteiger partial charge in [-0.05, 0) is 61.5 Å². The smallest absolute Gasteiger partial charge is 0.478 e. The molecule has 218 valence electrons. The quantitative estimate of drug-likeness (QED) is 0.341. The number of sulfonamides is 1. The number of anilines is 3. The van der Waals surface area contributed by atoms with Crippen molar-refractivity contribution in [3.05, 3.63) is 83.9 Å². The lowest BCUT2D eigenvalue weighted by molar-refractivity contribution is -0.192. The zero-order valence-corrected chi connectivity index (χ0v) is 22.4. The fourth-order valence-corrected chi connectivity index (χ4v) is 5.03. The Morgan fingerprint density at radius 1 is 0.805 bits per heavy atom. The number of ketones is 1. The number of nitrogens with zero attached hydrogens (tertiary/aromatic N) is 2. The fourth-order valence-electron chi connectivity index (χ4n) is 3.94. The van der Waals surface area contributed by atoms with Gasteiger partial charge in [0.15, 0.2) is 5.78 Å². The molecule has 4 rings (SSSR count). The number of carboxylic acids is 2. The average Bonchev–Trinajstić information content (AvgIpc) is 2.93. The van der Waals surface area contributed by atoms with Crippen LogP contribution in [0.1, 0.15) is 27.6 Å². The molecule has 14 heteroatoms. The molecule has 1 heterocycles. The summed E-state index contributed by atoms with van der Waals surface area (Å²) in [4.78, 5) is 36.3. The van der Waals surface area contributed by atoms with E-state index in [1.807, 2.05) is 29.2 Å². The largest absolute Gasteiger partial charge is 0.490 e. The monoisotopic (exact) mass is 593 g/mol. The number of piperazine rings is 1. The first-order chi connectivity index (χ1) is 19.2. The number of aromatic carboxylic acids is 1. The maximum absolute atomic E-state index is 12.9. The molecule has 3 aromatic carbocycles. The SMILES string of the molecule is CC(=O)c1ccc(N2CCN(c3ccc(C(=O)O)cc3NS(=O)(=O)c3ccccc3)CC2)cc1.O=C(O)C(F)(F)F. The van der Waals surface area contributed by atoms with Crippen molar-refractivity contribution in [2.24, 2.45) is 0 Å². The first-order valence-electron chi connectivity index (χ1n) is 12.1. The molecule has 0 saturated carbocycles. The number of carboxylic acid groups (broad SMARTS) is 2. The molecular weight excluding hydrogens is 567 g/mol. The highest BCUT2D eigenvalue weighted by molar-refractivity contribution is 7.92. The van der Waals surface area contributed by atoms with Crippen LogP contribution in [0, 0.1) is 0 Å². The highest BCUT2D eigenvalue weighted by atomic mass is 32.2. The molecule has 0 unspecified atom stereocenters. The zero-order chi connectivity index (χ0) is 30.4. The summed E-state index contributed by atoms with van der Waals surface area (Å²) in [5, 5.41) is 16.5. The molecule has 1 aliphatic heterocycles. The number of hydrogen-bond acceptors (Lipinski definition) is 7. The van der Waals surface area contributed by atoms with Gasteiger partial charge in [0.05, 0.1) is 21.8 Å². The van der Waals surface area contributed by atoms with E-state index < -0.39 is 28.1 Å². The van der Waals surface area contributed by atoms with Gasteiger partial charge >= 0.3 is 18.1 Å². The van der Waals surface area contributed by atoms with Crippen LogP contribution in [0.3, 0.4) is 0 Å². The number of hydrogen-bond donors (Lipinski definition) is 3. The summed E-state index contributed by atoms with van der Waals surface area (Å²) in [5.74, 6) is -3.87. The highest BCUT2D eigenvalue weighted by Crippen LogP contribution is 2.31. The lowest BCUT2D eigenvalue weighted by Gasteiger charge is -2.38. The van der Waals surface area contributed by atoms with Crippen LogP contribution < -0.4 is 14.5 Å². The zero-order valence-electron chi connectivity index (χ0n) is 21.6. The van der Waals surface area contributed by atoms with Crippen molar-refractivity contribution in [2.75, 3.05) is 40.7 Å². The second-order valence-electron chi connectivity index (χ2n) is 8.84. The first-order valence-corrected chi connectivity index (χ1v) is 13.5. The topological polar surface area (TPSA) is 144 Å². The van der Waals surface area contributed by atoms with E-state index in [4.69, 9.17) is 9.90 Å². The van der Waals surface area contributed by atoms with Crippen LogP contribution in [0.15, 0.2) is 77.7 Å². The van der Waals surface area contributed by atoms with E-state index in [2.05, 4.69) is 9.62 Å². The Bertz CT molecular complexity index is 1510.